The van der Waals surface area contributed by atoms with Crippen LogP contribution in [-0.2, 0) is 0 Å². The molecule has 0 bridgehead atoms. The molecule has 0 fully saturated rings. The van der Waals surface area contributed by atoms with Crippen molar-refractivity contribution in [2.24, 2.45) is 5.92 Å². The first kappa shape index (κ1) is 17.1. The predicted octanol–water partition coefficient (Wildman–Crippen LogP) is 4.73. The zero-order chi connectivity index (χ0) is 15.9. The van der Waals surface area contributed by atoms with Crippen molar-refractivity contribution in [2.45, 2.75) is 32.3 Å². The first-order chi connectivity index (χ1) is 8.85. The van der Waals surface area contributed by atoms with E-state index < -0.39 is 29.9 Å². The number of hydrogen-bond donors (Lipinski definition) is 1. The summed E-state index contributed by atoms with van der Waals surface area (Å²) in [6.07, 6.45) is -13.9. The number of aliphatic hydroxyl groups excluding tert-OH is 1. The van der Waals surface area contributed by atoms with Crippen LogP contribution >= 0.6 is 11.6 Å². The summed E-state index contributed by atoms with van der Waals surface area (Å²) in [7, 11) is 0. The maximum atomic E-state index is 12.6. The molecule has 0 radical (unpaired) electrons. The molecule has 1 aromatic carbocycles. The Hall–Kier alpha value is -0.950. The summed E-state index contributed by atoms with van der Waals surface area (Å²) >= 11 is 5.72. The molecule has 0 saturated carbocycles. The molecule has 0 aliphatic rings. The molecule has 114 valence electrons. The molecule has 0 aliphatic heterocycles. The van der Waals surface area contributed by atoms with Crippen LogP contribution in [0.3, 0.4) is 0 Å². The molecule has 0 spiro atoms. The quantitative estimate of drug-likeness (QED) is 0.781. The molecule has 0 aromatic heterocycles. The Balaban J connectivity index is 3.34. The van der Waals surface area contributed by atoms with Crippen molar-refractivity contribution in [1.29, 1.82) is 0 Å². The van der Waals surface area contributed by atoms with Crippen LogP contribution in [0.15, 0.2) is 12.1 Å². The van der Waals surface area contributed by atoms with E-state index in [1.165, 1.54) is 19.9 Å². The van der Waals surface area contributed by atoms with Gasteiger partial charge in [0.05, 0.1) is 6.10 Å². The molecule has 1 unspecified atom stereocenters. The van der Waals surface area contributed by atoms with Crippen molar-refractivity contribution < 1.29 is 31.4 Å². The summed E-state index contributed by atoms with van der Waals surface area (Å²) < 4.78 is 75.3. The lowest BCUT2D eigenvalue weighted by Crippen LogP contribution is -2.41. The SMILES string of the molecule is Cc1cc(C(O)C(C(F)(F)F)C(F)(F)F)c(C)cc1Cl. The van der Waals surface area contributed by atoms with E-state index in [9.17, 15) is 31.4 Å². The molecule has 0 amide bonds. The van der Waals surface area contributed by atoms with Gasteiger partial charge in [0, 0.05) is 5.02 Å². The lowest BCUT2D eigenvalue weighted by atomic mass is 9.90. The Labute approximate surface area is 116 Å². The second kappa shape index (κ2) is 5.44. The Bertz CT molecular complexity index is 480. The second-order valence-corrected chi connectivity index (χ2v) is 4.87. The van der Waals surface area contributed by atoms with E-state index in [1.54, 1.807) is 0 Å². The monoisotopic (exact) mass is 320 g/mol. The third-order valence-electron chi connectivity index (χ3n) is 2.89. The van der Waals surface area contributed by atoms with Gasteiger partial charge in [-0.3, -0.25) is 0 Å². The highest BCUT2D eigenvalue weighted by molar-refractivity contribution is 6.31. The van der Waals surface area contributed by atoms with Gasteiger partial charge in [0.15, 0.2) is 5.92 Å². The summed E-state index contributed by atoms with van der Waals surface area (Å²) in [5.74, 6) is -3.84. The van der Waals surface area contributed by atoms with Crippen molar-refractivity contribution >= 4 is 11.6 Å². The highest BCUT2D eigenvalue weighted by atomic mass is 35.5. The fourth-order valence-electron chi connectivity index (χ4n) is 1.85. The maximum absolute atomic E-state index is 12.6. The van der Waals surface area contributed by atoms with E-state index in [0.29, 0.717) is 0 Å². The molecule has 8 heteroatoms. The van der Waals surface area contributed by atoms with Gasteiger partial charge >= 0.3 is 12.4 Å². The third kappa shape index (κ3) is 3.58. The van der Waals surface area contributed by atoms with Gasteiger partial charge in [0.2, 0.25) is 0 Å². The highest BCUT2D eigenvalue weighted by Crippen LogP contribution is 2.47. The zero-order valence-electron chi connectivity index (χ0n) is 10.4. The van der Waals surface area contributed by atoms with Gasteiger partial charge in [-0.25, -0.2) is 0 Å². The molecular formula is C12H11ClF6O. The standard InChI is InChI=1S/C12H11ClF6O/c1-5-4-8(13)6(2)3-7(5)9(20)10(11(14,15)16)12(17,18)19/h3-4,9-10,20H,1-2H3. The average Bonchev–Trinajstić information content (AvgIpc) is 2.18. The number of alkyl halides is 6. The lowest BCUT2D eigenvalue weighted by Gasteiger charge is -2.28. The van der Waals surface area contributed by atoms with Crippen LogP contribution in [0.2, 0.25) is 5.02 Å². The number of rotatable bonds is 2. The van der Waals surface area contributed by atoms with Gasteiger partial charge in [-0.05, 0) is 36.6 Å². The Morgan fingerprint density at radius 2 is 1.40 bits per heavy atom. The summed E-state index contributed by atoms with van der Waals surface area (Å²) in [4.78, 5) is 0. The minimum Gasteiger partial charge on any atom is -0.387 e. The summed E-state index contributed by atoms with van der Waals surface area (Å²) in [5, 5.41) is 9.77. The smallest absolute Gasteiger partial charge is 0.387 e. The molecule has 1 aromatic rings. The van der Waals surface area contributed by atoms with E-state index in [1.807, 2.05) is 0 Å². The number of hydrogen-bond acceptors (Lipinski definition) is 1. The summed E-state index contributed by atoms with van der Waals surface area (Å²) in [6, 6.07) is 2.26. The van der Waals surface area contributed by atoms with Crippen molar-refractivity contribution in [3.05, 3.63) is 33.8 Å². The zero-order valence-corrected chi connectivity index (χ0v) is 11.2. The van der Waals surface area contributed by atoms with Gasteiger partial charge in [0.1, 0.15) is 0 Å². The van der Waals surface area contributed by atoms with E-state index >= 15 is 0 Å². The van der Waals surface area contributed by atoms with Gasteiger partial charge in [-0.15, -0.1) is 0 Å². The van der Waals surface area contributed by atoms with Gasteiger partial charge < -0.3 is 5.11 Å². The predicted molar refractivity (Wildman–Crippen MR) is 61.5 cm³/mol. The number of aryl methyl sites for hydroxylation is 2. The van der Waals surface area contributed by atoms with E-state index in [4.69, 9.17) is 11.6 Å². The molecule has 0 heterocycles. The summed E-state index contributed by atoms with van der Waals surface area (Å²) in [6.45, 7) is 2.71. The molecule has 1 nitrogen and oxygen atoms in total. The molecular weight excluding hydrogens is 310 g/mol. The molecule has 0 saturated heterocycles. The topological polar surface area (TPSA) is 20.2 Å². The minimum absolute atomic E-state index is 0.0617. The van der Waals surface area contributed by atoms with Crippen LogP contribution in [0, 0.1) is 19.8 Å². The Morgan fingerprint density at radius 3 is 1.80 bits per heavy atom. The molecule has 1 rings (SSSR count). The summed E-state index contributed by atoms with van der Waals surface area (Å²) in [5.41, 5.74) is -0.0902. The number of halogens is 7. The van der Waals surface area contributed by atoms with Crippen molar-refractivity contribution in [2.75, 3.05) is 0 Å². The average molecular weight is 321 g/mol. The van der Waals surface area contributed by atoms with Crippen molar-refractivity contribution in [3.63, 3.8) is 0 Å². The van der Waals surface area contributed by atoms with Crippen LogP contribution in [-0.4, -0.2) is 17.5 Å². The lowest BCUT2D eigenvalue weighted by molar-refractivity contribution is -0.307. The molecule has 1 atom stereocenters. The van der Waals surface area contributed by atoms with Crippen LogP contribution in [0.4, 0.5) is 26.3 Å². The van der Waals surface area contributed by atoms with Gasteiger partial charge in [-0.1, -0.05) is 17.7 Å². The largest absolute Gasteiger partial charge is 0.403 e. The third-order valence-corrected chi connectivity index (χ3v) is 3.29. The number of aliphatic hydroxyl groups is 1. The van der Waals surface area contributed by atoms with E-state index in [2.05, 4.69) is 0 Å². The Morgan fingerprint density at radius 1 is 0.950 bits per heavy atom. The molecule has 0 aliphatic carbocycles. The second-order valence-electron chi connectivity index (χ2n) is 4.46. The van der Waals surface area contributed by atoms with Gasteiger partial charge in [-0.2, -0.15) is 26.3 Å². The maximum Gasteiger partial charge on any atom is 0.403 e. The minimum atomic E-state index is -5.60. The van der Waals surface area contributed by atoms with Crippen LogP contribution < -0.4 is 0 Å². The highest BCUT2D eigenvalue weighted by Gasteiger charge is 2.60. The fraction of sp³-hybridized carbons (Fsp3) is 0.500. The van der Waals surface area contributed by atoms with Crippen LogP contribution in [0.5, 0.6) is 0 Å². The normalized spacial score (nSPS) is 14.8. The van der Waals surface area contributed by atoms with Crippen molar-refractivity contribution in [1.82, 2.24) is 0 Å². The first-order valence-electron chi connectivity index (χ1n) is 5.44. The fourth-order valence-corrected chi connectivity index (χ4v) is 2.06. The van der Waals surface area contributed by atoms with E-state index in [0.717, 1.165) is 6.07 Å². The number of benzene rings is 1. The van der Waals surface area contributed by atoms with E-state index in [-0.39, 0.29) is 16.1 Å². The van der Waals surface area contributed by atoms with Crippen LogP contribution in [0.1, 0.15) is 22.8 Å². The molecule has 1 N–H and O–H groups in total. The first-order valence-corrected chi connectivity index (χ1v) is 5.81. The Kier molecular flexibility index (Phi) is 4.65. The van der Waals surface area contributed by atoms with Crippen molar-refractivity contribution in [3.8, 4) is 0 Å². The van der Waals surface area contributed by atoms with Gasteiger partial charge in [0.25, 0.3) is 0 Å². The molecule has 20 heavy (non-hydrogen) atoms. The van der Waals surface area contributed by atoms with Crippen LogP contribution in [0.25, 0.3) is 0 Å².